The Bertz CT molecular complexity index is 3580. The number of benzene rings is 10. The molecule has 12 aromatic rings. The highest BCUT2D eigenvalue weighted by Crippen LogP contribution is 2.49. The minimum Gasteiger partial charge on any atom is -0.456 e. The van der Waals surface area contributed by atoms with Crippen molar-refractivity contribution in [3.63, 3.8) is 0 Å². The highest BCUT2D eigenvalue weighted by Gasteiger charge is 2.23. The summed E-state index contributed by atoms with van der Waals surface area (Å²) in [7, 11) is 0. The molecule has 0 N–H and O–H groups in total. The number of anilines is 3. The lowest BCUT2D eigenvalue weighted by Gasteiger charge is -2.29. The first-order chi connectivity index (χ1) is 29.3. The van der Waals surface area contributed by atoms with E-state index in [0.29, 0.717) is 0 Å². The molecular formula is C56H35NOS. The van der Waals surface area contributed by atoms with Crippen LogP contribution in [0.25, 0.3) is 97.0 Å². The molecule has 0 spiro atoms. The first-order valence-corrected chi connectivity index (χ1v) is 20.9. The van der Waals surface area contributed by atoms with Gasteiger partial charge in [0.1, 0.15) is 11.2 Å². The Hall–Kier alpha value is -7.46. The Labute approximate surface area is 345 Å². The van der Waals surface area contributed by atoms with Crippen LogP contribution in [0.1, 0.15) is 0 Å². The SMILES string of the molecule is c1ccc(-c2ccccc2-c2ccccc2-c2ccccc2N(c2ccc3c(ccc4cc5oc6ccccc6c5cc43)c2)c2cccc3c2sc2ccccc23)cc1. The van der Waals surface area contributed by atoms with E-state index < -0.39 is 0 Å². The third-order valence-electron chi connectivity index (χ3n) is 11.9. The van der Waals surface area contributed by atoms with Crippen LogP contribution in [0.4, 0.5) is 17.1 Å². The summed E-state index contributed by atoms with van der Waals surface area (Å²) in [5.41, 5.74) is 12.4. The molecule has 2 nitrogen and oxygen atoms in total. The normalized spacial score (nSPS) is 11.7. The van der Waals surface area contributed by atoms with Gasteiger partial charge in [-0.05, 0) is 97.9 Å². The molecule has 2 heterocycles. The molecule has 0 saturated heterocycles. The first-order valence-electron chi connectivity index (χ1n) is 20.1. The van der Waals surface area contributed by atoms with Gasteiger partial charge in [-0.3, -0.25) is 0 Å². The molecule has 0 aliphatic carbocycles. The topological polar surface area (TPSA) is 16.4 Å². The van der Waals surface area contributed by atoms with Crippen LogP contribution in [0.2, 0.25) is 0 Å². The van der Waals surface area contributed by atoms with Crippen LogP contribution in [0, 0.1) is 0 Å². The van der Waals surface area contributed by atoms with Gasteiger partial charge < -0.3 is 9.32 Å². The maximum atomic E-state index is 6.29. The molecule has 2 aromatic heterocycles. The summed E-state index contributed by atoms with van der Waals surface area (Å²) in [6.07, 6.45) is 0. The molecule has 0 aliphatic heterocycles. The summed E-state index contributed by atoms with van der Waals surface area (Å²) in [6, 6.07) is 77.1. The van der Waals surface area contributed by atoms with E-state index in [1.165, 1.54) is 69.5 Å². The molecule has 0 fully saturated rings. The lowest BCUT2D eigenvalue weighted by atomic mass is 9.88. The zero-order chi connectivity index (χ0) is 38.9. The van der Waals surface area contributed by atoms with Gasteiger partial charge in [-0.15, -0.1) is 11.3 Å². The van der Waals surface area contributed by atoms with Crippen LogP contribution in [0.3, 0.4) is 0 Å². The van der Waals surface area contributed by atoms with Crippen molar-refractivity contribution < 1.29 is 4.42 Å². The second kappa shape index (κ2) is 13.6. The molecule has 0 radical (unpaired) electrons. The van der Waals surface area contributed by atoms with Gasteiger partial charge in [0.05, 0.1) is 16.1 Å². The third kappa shape index (κ3) is 5.47. The summed E-state index contributed by atoms with van der Waals surface area (Å²) >= 11 is 1.86. The Balaban J connectivity index is 1.10. The second-order valence-corrected chi connectivity index (χ2v) is 16.3. The first kappa shape index (κ1) is 33.7. The van der Waals surface area contributed by atoms with Crippen molar-refractivity contribution in [3.8, 4) is 33.4 Å². The quantitative estimate of drug-likeness (QED) is 0.157. The van der Waals surface area contributed by atoms with E-state index in [2.05, 4.69) is 205 Å². The van der Waals surface area contributed by atoms with E-state index >= 15 is 0 Å². The van der Waals surface area contributed by atoms with Gasteiger partial charge in [-0.1, -0.05) is 164 Å². The fourth-order valence-electron chi connectivity index (χ4n) is 9.16. The van der Waals surface area contributed by atoms with E-state index in [9.17, 15) is 0 Å². The standard InChI is InChI=1S/C56H35NOS/c1-2-15-36(16-3-1)40-17-4-5-18-42(40)43-19-6-7-20-44(43)45-21-8-11-25-51(45)57(52-26-14-24-48-47-23-10-13-28-55(47)59-56(48)52)39-31-32-41-37(33-39)29-30-38-34-54-50(35-49(38)41)46-22-9-12-27-53(46)58-54/h1-35H. The Morgan fingerprint density at radius 1 is 0.339 bits per heavy atom. The maximum absolute atomic E-state index is 6.29. The van der Waals surface area contributed by atoms with Gasteiger partial charge in [0.25, 0.3) is 0 Å². The van der Waals surface area contributed by atoms with Gasteiger partial charge in [-0.2, -0.15) is 0 Å². The molecule has 0 bridgehead atoms. The number of fused-ring (bicyclic) bond motifs is 9. The Kier molecular flexibility index (Phi) is 7.75. The second-order valence-electron chi connectivity index (χ2n) is 15.2. The third-order valence-corrected chi connectivity index (χ3v) is 13.1. The van der Waals surface area contributed by atoms with Crippen LogP contribution >= 0.6 is 11.3 Å². The van der Waals surface area contributed by atoms with E-state index in [-0.39, 0.29) is 0 Å². The minimum absolute atomic E-state index is 0.916. The van der Waals surface area contributed by atoms with Crippen molar-refractivity contribution in [1.29, 1.82) is 0 Å². The number of nitrogens with zero attached hydrogens (tertiary/aromatic N) is 1. The largest absolute Gasteiger partial charge is 0.456 e. The lowest BCUT2D eigenvalue weighted by Crippen LogP contribution is -2.11. The summed E-state index contributed by atoms with van der Waals surface area (Å²) in [5, 5.41) is 9.63. The van der Waals surface area contributed by atoms with E-state index in [1.54, 1.807) is 0 Å². The smallest absolute Gasteiger partial charge is 0.136 e. The van der Waals surface area contributed by atoms with Gasteiger partial charge in [0.2, 0.25) is 0 Å². The number of para-hydroxylation sites is 2. The van der Waals surface area contributed by atoms with Gasteiger partial charge in [0, 0.05) is 37.5 Å². The highest BCUT2D eigenvalue weighted by molar-refractivity contribution is 7.26. The minimum atomic E-state index is 0.916. The summed E-state index contributed by atoms with van der Waals surface area (Å²) in [6.45, 7) is 0. The summed E-state index contributed by atoms with van der Waals surface area (Å²) < 4.78 is 8.83. The fraction of sp³-hybridized carbons (Fsp3) is 0. The number of rotatable bonds is 6. The van der Waals surface area contributed by atoms with Crippen molar-refractivity contribution in [2.45, 2.75) is 0 Å². The molecule has 0 amide bonds. The summed E-state index contributed by atoms with van der Waals surface area (Å²) in [4.78, 5) is 2.49. The van der Waals surface area contributed by atoms with Crippen molar-refractivity contribution in [3.05, 3.63) is 212 Å². The highest BCUT2D eigenvalue weighted by atomic mass is 32.1. The molecule has 0 saturated carbocycles. The van der Waals surface area contributed by atoms with Crippen molar-refractivity contribution in [2.24, 2.45) is 0 Å². The van der Waals surface area contributed by atoms with Crippen LogP contribution in [-0.4, -0.2) is 0 Å². The summed E-state index contributed by atoms with van der Waals surface area (Å²) in [5.74, 6) is 0. The van der Waals surface area contributed by atoms with E-state index in [1.807, 2.05) is 23.5 Å². The number of hydrogen-bond donors (Lipinski definition) is 0. The molecule has 3 heteroatoms. The molecule has 0 unspecified atom stereocenters. The molecule has 0 atom stereocenters. The van der Waals surface area contributed by atoms with E-state index in [4.69, 9.17) is 4.42 Å². The van der Waals surface area contributed by atoms with Gasteiger partial charge in [-0.25, -0.2) is 0 Å². The molecule has 12 rings (SSSR count). The average Bonchev–Trinajstić information content (AvgIpc) is 3.87. The van der Waals surface area contributed by atoms with Crippen LogP contribution in [0.5, 0.6) is 0 Å². The molecule has 10 aromatic carbocycles. The predicted molar refractivity (Wildman–Crippen MR) is 253 cm³/mol. The Morgan fingerprint density at radius 2 is 0.949 bits per heavy atom. The van der Waals surface area contributed by atoms with Crippen molar-refractivity contribution >= 4 is 92.1 Å². The number of thiophene rings is 1. The predicted octanol–water partition coefficient (Wildman–Crippen LogP) is 16.7. The maximum Gasteiger partial charge on any atom is 0.136 e. The number of hydrogen-bond acceptors (Lipinski definition) is 3. The molecular weight excluding hydrogens is 735 g/mol. The Morgan fingerprint density at radius 3 is 1.78 bits per heavy atom. The number of furan rings is 1. The van der Waals surface area contributed by atoms with Gasteiger partial charge in [0.15, 0.2) is 0 Å². The van der Waals surface area contributed by atoms with Crippen LogP contribution in [-0.2, 0) is 0 Å². The lowest BCUT2D eigenvalue weighted by molar-refractivity contribution is 0.669. The van der Waals surface area contributed by atoms with Crippen molar-refractivity contribution in [2.75, 3.05) is 4.90 Å². The zero-order valence-electron chi connectivity index (χ0n) is 32.0. The molecule has 0 aliphatic rings. The van der Waals surface area contributed by atoms with Crippen LogP contribution in [0.15, 0.2) is 217 Å². The monoisotopic (exact) mass is 769 g/mol. The average molecular weight is 770 g/mol. The zero-order valence-corrected chi connectivity index (χ0v) is 32.8. The van der Waals surface area contributed by atoms with Crippen molar-refractivity contribution in [1.82, 2.24) is 0 Å². The fourth-order valence-corrected chi connectivity index (χ4v) is 10.4. The van der Waals surface area contributed by atoms with Gasteiger partial charge >= 0.3 is 0 Å². The van der Waals surface area contributed by atoms with E-state index in [0.717, 1.165) is 44.6 Å². The van der Waals surface area contributed by atoms with Crippen LogP contribution < -0.4 is 4.90 Å². The molecule has 276 valence electrons. The molecule has 59 heavy (non-hydrogen) atoms.